The van der Waals surface area contributed by atoms with Crippen molar-refractivity contribution in [2.24, 2.45) is 0 Å². The quantitative estimate of drug-likeness (QED) is 0.614. The van der Waals surface area contributed by atoms with Crippen LogP contribution >= 0.6 is 0 Å². The van der Waals surface area contributed by atoms with Gasteiger partial charge < -0.3 is 5.32 Å². The van der Waals surface area contributed by atoms with Crippen LogP contribution in [0.15, 0.2) is 30.3 Å². The minimum atomic E-state index is 0.550. The van der Waals surface area contributed by atoms with Gasteiger partial charge in [0, 0.05) is 5.92 Å². The Balaban J connectivity index is 2.61. The molecule has 0 saturated carbocycles. The summed E-state index contributed by atoms with van der Waals surface area (Å²) in [5.41, 5.74) is 1.36. The van der Waals surface area contributed by atoms with Gasteiger partial charge in [-0.15, -0.1) is 7.05 Å². The highest BCUT2D eigenvalue weighted by Gasteiger charge is 2.03. The number of hydrogen-bond acceptors (Lipinski definition) is 1. The molecule has 1 rings (SSSR count). The van der Waals surface area contributed by atoms with Gasteiger partial charge >= 0.3 is 0 Å². The van der Waals surface area contributed by atoms with E-state index in [1.54, 1.807) is 0 Å². The van der Waals surface area contributed by atoms with E-state index in [4.69, 9.17) is 0 Å². The van der Waals surface area contributed by atoms with Crippen LogP contribution < -0.4 is 5.32 Å². The Kier molecular flexibility index (Phi) is 3.12. The van der Waals surface area contributed by atoms with Crippen molar-refractivity contribution in [3.8, 4) is 0 Å². The summed E-state index contributed by atoms with van der Waals surface area (Å²) < 4.78 is 0. The number of hydrogen-bond donors (Lipinski definition) is 1. The van der Waals surface area contributed by atoms with Crippen molar-refractivity contribution < 1.29 is 5.32 Å². The van der Waals surface area contributed by atoms with E-state index < -0.39 is 0 Å². The molecular weight excluding hydrogens is 134 g/mol. The minimum absolute atomic E-state index is 0.550. The molecule has 1 N–H and O–H groups in total. The number of rotatable bonds is 3. The van der Waals surface area contributed by atoms with Crippen molar-refractivity contribution in [2.45, 2.75) is 12.8 Å². The molecule has 0 saturated heterocycles. The highest BCUT2D eigenvalue weighted by atomic mass is 14.8. The van der Waals surface area contributed by atoms with Crippen LogP contribution in [-0.4, -0.2) is 6.54 Å². The van der Waals surface area contributed by atoms with E-state index in [1.807, 2.05) is 6.07 Å². The van der Waals surface area contributed by atoms with Crippen molar-refractivity contribution in [1.29, 1.82) is 0 Å². The van der Waals surface area contributed by atoms with Crippen LogP contribution in [0.5, 0.6) is 0 Å². The predicted octanol–water partition coefficient (Wildman–Crippen LogP) is 0.931. The molecule has 0 amide bonds. The maximum absolute atomic E-state index is 3.60. The molecule has 0 aliphatic heterocycles. The van der Waals surface area contributed by atoms with Crippen molar-refractivity contribution in [3.05, 3.63) is 42.9 Å². The molecule has 1 heteroatoms. The average Bonchev–Trinajstić information content (AvgIpc) is 2.07. The van der Waals surface area contributed by atoms with Gasteiger partial charge in [0.15, 0.2) is 0 Å². The Morgan fingerprint density at radius 3 is 2.55 bits per heavy atom. The second-order valence-corrected chi connectivity index (χ2v) is 2.77. The second kappa shape index (κ2) is 4.14. The average molecular weight is 148 g/mol. The lowest BCUT2D eigenvalue weighted by Gasteiger charge is -2.07. The van der Waals surface area contributed by atoms with E-state index >= 15 is 0 Å². The normalized spacial score (nSPS) is 12.9. The van der Waals surface area contributed by atoms with Gasteiger partial charge in [0.25, 0.3) is 0 Å². The zero-order chi connectivity index (χ0) is 8.10. The van der Waals surface area contributed by atoms with E-state index in [0.717, 1.165) is 6.54 Å². The van der Waals surface area contributed by atoms with E-state index in [0.29, 0.717) is 5.92 Å². The summed E-state index contributed by atoms with van der Waals surface area (Å²) in [6, 6.07) is 10.4. The van der Waals surface area contributed by atoms with E-state index in [9.17, 15) is 0 Å². The first-order valence-corrected chi connectivity index (χ1v) is 3.89. The molecule has 0 bridgehead atoms. The molecule has 0 heterocycles. The lowest BCUT2D eigenvalue weighted by Crippen LogP contribution is -2.77. The van der Waals surface area contributed by atoms with Crippen molar-refractivity contribution >= 4 is 0 Å². The summed E-state index contributed by atoms with van der Waals surface area (Å²) in [7, 11) is 3.60. The third-order valence-electron chi connectivity index (χ3n) is 1.82. The molecule has 11 heavy (non-hydrogen) atoms. The summed E-state index contributed by atoms with van der Waals surface area (Å²) in [6.07, 6.45) is 0. The van der Waals surface area contributed by atoms with Gasteiger partial charge in [-0.1, -0.05) is 37.3 Å². The molecule has 0 aliphatic rings. The zero-order valence-corrected chi connectivity index (χ0v) is 6.88. The van der Waals surface area contributed by atoms with E-state index in [1.165, 1.54) is 5.56 Å². The van der Waals surface area contributed by atoms with Gasteiger partial charge in [-0.25, -0.2) is 0 Å². The summed E-state index contributed by atoms with van der Waals surface area (Å²) >= 11 is 0. The third-order valence-corrected chi connectivity index (χ3v) is 1.82. The first kappa shape index (κ1) is 8.28. The lowest BCUT2D eigenvalue weighted by molar-refractivity contribution is -0.597. The van der Waals surface area contributed by atoms with Gasteiger partial charge in [0.2, 0.25) is 0 Å². The van der Waals surface area contributed by atoms with Crippen LogP contribution in [-0.2, 0) is 0 Å². The molecule has 1 aromatic carbocycles. The largest absolute Gasteiger partial charge is 0.334 e. The van der Waals surface area contributed by atoms with Crippen LogP contribution in [0.4, 0.5) is 0 Å². The Morgan fingerprint density at radius 2 is 2.00 bits per heavy atom. The van der Waals surface area contributed by atoms with Crippen LogP contribution in [0.3, 0.4) is 0 Å². The van der Waals surface area contributed by atoms with Gasteiger partial charge in [0.05, 0.1) is 6.54 Å². The van der Waals surface area contributed by atoms with Crippen LogP contribution in [0.25, 0.3) is 0 Å². The lowest BCUT2D eigenvalue weighted by atomic mass is 10.0. The SMILES string of the molecule is [CH2-][NH+]CC(C)c1ccccc1. The van der Waals surface area contributed by atoms with Gasteiger partial charge in [-0.2, -0.15) is 0 Å². The summed E-state index contributed by atoms with van der Waals surface area (Å²) in [4.78, 5) is 0. The van der Waals surface area contributed by atoms with Crippen molar-refractivity contribution in [1.82, 2.24) is 0 Å². The summed E-state index contributed by atoms with van der Waals surface area (Å²) in [5.74, 6) is 0.550. The van der Waals surface area contributed by atoms with Gasteiger partial charge in [-0.3, -0.25) is 0 Å². The topological polar surface area (TPSA) is 15.6 Å². The Morgan fingerprint density at radius 1 is 1.36 bits per heavy atom. The fourth-order valence-electron chi connectivity index (χ4n) is 1.12. The molecule has 59 valence electrons. The van der Waals surface area contributed by atoms with E-state index in [2.05, 4.69) is 43.6 Å². The Hall–Kier alpha value is -0.820. The zero-order valence-electron chi connectivity index (χ0n) is 6.88. The summed E-state index contributed by atoms with van der Waals surface area (Å²) in [6.45, 7) is 3.12. The van der Waals surface area contributed by atoms with Crippen LogP contribution in [0.2, 0.25) is 0 Å². The third kappa shape index (κ3) is 2.35. The maximum atomic E-state index is 3.60. The molecule has 0 aromatic heterocycles. The van der Waals surface area contributed by atoms with Gasteiger partial charge in [0.1, 0.15) is 0 Å². The summed E-state index contributed by atoms with van der Waals surface area (Å²) in [5, 5.41) is 2.92. The fourth-order valence-corrected chi connectivity index (χ4v) is 1.12. The standard InChI is InChI=1S/C10H14N/c1-9(8-11-2)10-6-4-3-5-7-10/h3-7,9,11H,2,8H2,1H3. The molecule has 0 aliphatic carbocycles. The van der Waals surface area contributed by atoms with E-state index in [-0.39, 0.29) is 0 Å². The first-order valence-electron chi connectivity index (χ1n) is 3.89. The molecule has 1 aromatic rings. The highest BCUT2D eigenvalue weighted by molar-refractivity contribution is 5.18. The van der Waals surface area contributed by atoms with Crippen molar-refractivity contribution in [3.63, 3.8) is 0 Å². The minimum Gasteiger partial charge on any atom is -0.334 e. The Labute approximate surface area is 68.4 Å². The molecule has 1 nitrogen and oxygen atoms in total. The Bertz CT molecular complexity index is 193. The highest BCUT2D eigenvalue weighted by Crippen LogP contribution is 2.11. The maximum Gasteiger partial charge on any atom is 0.0992 e. The monoisotopic (exact) mass is 148 g/mol. The van der Waals surface area contributed by atoms with Crippen molar-refractivity contribution in [2.75, 3.05) is 6.54 Å². The molecule has 1 atom stereocenters. The predicted molar refractivity (Wildman–Crippen MR) is 46.0 cm³/mol. The second-order valence-electron chi connectivity index (χ2n) is 2.77. The van der Waals surface area contributed by atoms with Crippen LogP contribution in [0.1, 0.15) is 18.4 Å². The van der Waals surface area contributed by atoms with Gasteiger partial charge in [-0.05, 0) is 5.56 Å². The number of benzene rings is 1. The van der Waals surface area contributed by atoms with Crippen LogP contribution in [0, 0.1) is 7.05 Å². The molecule has 1 unspecified atom stereocenters. The number of nitrogens with one attached hydrogen (secondary N) is 1. The molecule has 0 fully saturated rings. The molecule has 0 spiro atoms. The smallest absolute Gasteiger partial charge is 0.0992 e. The molecule has 1 radical (unpaired) electrons. The fraction of sp³-hybridized carbons (Fsp3) is 0.300. The molecular formula is C10H14N. The first-order chi connectivity index (χ1) is 5.34.